The topological polar surface area (TPSA) is 49.5 Å². The number of likely N-dealkylation sites (tertiary alicyclic amines) is 1. The van der Waals surface area contributed by atoms with E-state index < -0.39 is 11.1 Å². The van der Waals surface area contributed by atoms with Crippen LogP contribution >= 0.6 is 0 Å². The molecule has 0 radical (unpaired) electrons. The van der Waals surface area contributed by atoms with Gasteiger partial charge in [-0.25, -0.2) is 0 Å². The van der Waals surface area contributed by atoms with E-state index in [0.29, 0.717) is 0 Å². The molecular formula is C11H24N2O. The summed E-state index contributed by atoms with van der Waals surface area (Å²) < 4.78 is 0. The molecule has 1 aliphatic heterocycles. The maximum absolute atomic E-state index is 10.5. The summed E-state index contributed by atoms with van der Waals surface area (Å²) in [4.78, 5) is 2.27. The number of hydrogen-bond acceptors (Lipinski definition) is 3. The molecule has 1 heterocycles. The van der Waals surface area contributed by atoms with E-state index in [-0.39, 0.29) is 0 Å². The molecule has 0 aliphatic carbocycles. The zero-order chi connectivity index (χ0) is 10.8. The Hall–Kier alpha value is -0.120. The lowest BCUT2D eigenvalue weighted by molar-refractivity contribution is -0.0419. The normalized spacial score (nSPS) is 34.9. The predicted molar refractivity (Wildman–Crippen MR) is 59.2 cm³/mol. The average molecular weight is 200 g/mol. The van der Waals surface area contributed by atoms with Crippen molar-refractivity contribution in [2.75, 3.05) is 20.1 Å². The van der Waals surface area contributed by atoms with Gasteiger partial charge in [-0.15, -0.1) is 0 Å². The third kappa shape index (κ3) is 2.27. The molecule has 3 nitrogen and oxygen atoms in total. The fourth-order valence-corrected chi connectivity index (χ4v) is 2.15. The molecule has 0 saturated carbocycles. The first-order valence-electron chi connectivity index (χ1n) is 5.61. The lowest BCUT2D eigenvalue weighted by atomic mass is 9.75. The fourth-order valence-electron chi connectivity index (χ4n) is 2.15. The number of nitrogens with zero attached hydrogens (tertiary/aromatic N) is 1. The maximum atomic E-state index is 10.5. The molecule has 0 amide bonds. The Labute approximate surface area is 87.3 Å². The predicted octanol–water partition coefficient (Wildman–Crippen LogP) is 0.961. The minimum Gasteiger partial charge on any atom is -0.388 e. The maximum Gasteiger partial charge on any atom is 0.0836 e. The lowest BCUT2D eigenvalue weighted by Crippen LogP contribution is -2.58. The van der Waals surface area contributed by atoms with Crippen LogP contribution in [0.5, 0.6) is 0 Å². The SMILES string of the molecule is CCC(C)(N)C1(O)CCCN(C)CC1. The van der Waals surface area contributed by atoms with Crippen LogP contribution in [0.4, 0.5) is 0 Å². The Morgan fingerprint density at radius 3 is 2.64 bits per heavy atom. The minimum absolute atomic E-state index is 0.446. The molecular weight excluding hydrogens is 176 g/mol. The van der Waals surface area contributed by atoms with Crippen molar-refractivity contribution < 1.29 is 5.11 Å². The van der Waals surface area contributed by atoms with E-state index in [1.165, 1.54) is 0 Å². The molecule has 1 aliphatic rings. The molecule has 14 heavy (non-hydrogen) atoms. The van der Waals surface area contributed by atoms with Crippen molar-refractivity contribution in [3.05, 3.63) is 0 Å². The van der Waals surface area contributed by atoms with Gasteiger partial charge in [0.1, 0.15) is 0 Å². The van der Waals surface area contributed by atoms with Gasteiger partial charge in [-0.2, -0.15) is 0 Å². The molecule has 1 fully saturated rings. The van der Waals surface area contributed by atoms with E-state index in [2.05, 4.69) is 11.9 Å². The Kier molecular flexibility index (Phi) is 3.56. The molecule has 0 aromatic rings. The van der Waals surface area contributed by atoms with Gasteiger partial charge in [0.25, 0.3) is 0 Å². The van der Waals surface area contributed by atoms with Gasteiger partial charge in [0.05, 0.1) is 5.60 Å². The first-order chi connectivity index (χ1) is 6.41. The standard InChI is InChI=1S/C11H24N2O/c1-4-10(2,12)11(14)6-5-8-13(3)9-7-11/h14H,4-9,12H2,1-3H3. The van der Waals surface area contributed by atoms with Gasteiger partial charge < -0.3 is 15.7 Å². The fraction of sp³-hybridized carbons (Fsp3) is 1.00. The van der Waals surface area contributed by atoms with Gasteiger partial charge in [0.2, 0.25) is 0 Å². The van der Waals surface area contributed by atoms with Crippen molar-refractivity contribution in [2.45, 2.75) is 50.7 Å². The van der Waals surface area contributed by atoms with Crippen molar-refractivity contribution in [1.29, 1.82) is 0 Å². The molecule has 2 unspecified atom stereocenters. The van der Waals surface area contributed by atoms with E-state index in [1.54, 1.807) is 0 Å². The van der Waals surface area contributed by atoms with E-state index in [4.69, 9.17) is 5.73 Å². The van der Waals surface area contributed by atoms with Crippen molar-refractivity contribution >= 4 is 0 Å². The van der Waals surface area contributed by atoms with E-state index >= 15 is 0 Å². The molecule has 1 saturated heterocycles. The van der Waals surface area contributed by atoms with Gasteiger partial charge in [-0.3, -0.25) is 0 Å². The first kappa shape index (κ1) is 12.0. The van der Waals surface area contributed by atoms with E-state index in [1.807, 2.05) is 13.8 Å². The summed E-state index contributed by atoms with van der Waals surface area (Å²) in [5.41, 5.74) is 5.05. The van der Waals surface area contributed by atoms with Gasteiger partial charge in [0.15, 0.2) is 0 Å². The summed E-state index contributed by atoms with van der Waals surface area (Å²) in [7, 11) is 2.10. The Balaban J connectivity index is 2.72. The largest absolute Gasteiger partial charge is 0.388 e. The molecule has 84 valence electrons. The van der Waals surface area contributed by atoms with Crippen LogP contribution < -0.4 is 5.73 Å². The van der Waals surface area contributed by atoms with E-state index in [0.717, 1.165) is 38.8 Å². The van der Waals surface area contributed by atoms with Gasteiger partial charge in [-0.1, -0.05) is 6.92 Å². The summed E-state index contributed by atoms with van der Waals surface area (Å²) in [6.45, 7) is 6.04. The molecule has 3 heteroatoms. The Morgan fingerprint density at radius 2 is 2.07 bits per heavy atom. The monoisotopic (exact) mass is 200 g/mol. The molecule has 0 spiro atoms. The van der Waals surface area contributed by atoms with Crippen molar-refractivity contribution in [2.24, 2.45) is 5.73 Å². The molecule has 3 N–H and O–H groups in total. The number of hydrogen-bond donors (Lipinski definition) is 2. The van der Waals surface area contributed by atoms with Crippen LogP contribution in [0.1, 0.15) is 39.5 Å². The third-order valence-corrected chi connectivity index (χ3v) is 3.83. The van der Waals surface area contributed by atoms with Crippen LogP contribution in [-0.2, 0) is 0 Å². The lowest BCUT2D eigenvalue weighted by Gasteiger charge is -2.41. The minimum atomic E-state index is -0.674. The third-order valence-electron chi connectivity index (χ3n) is 3.83. The second-order valence-electron chi connectivity index (χ2n) is 4.96. The summed E-state index contributed by atoms with van der Waals surface area (Å²) >= 11 is 0. The average Bonchev–Trinajstić information content (AvgIpc) is 2.30. The highest BCUT2D eigenvalue weighted by Crippen LogP contribution is 2.32. The van der Waals surface area contributed by atoms with Crippen LogP contribution in [0.3, 0.4) is 0 Å². The number of nitrogens with two attached hydrogens (primary N) is 1. The summed E-state index contributed by atoms with van der Waals surface area (Å²) in [6.07, 6.45) is 3.50. The summed E-state index contributed by atoms with van der Waals surface area (Å²) in [6, 6.07) is 0. The van der Waals surface area contributed by atoms with Crippen LogP contribution in [0.15, 0.2) is 0 Å². The Morgan fingerprint density at radius 1 is 1.43 bits per heavy atom. The van der Waals surface area contributed by atoms with Crippen LogP contribution in [0.2, 0.25) is 0 Å². The van der Waals surface area contributed by atoms with Crippen LogP contribution in [0, 0.1) is 0 Å². The van der Waals surface area contributed by atoms with Crippen molar-refractivity contribution in [3.63, 3.8) is 0 Å². The van der Waals surface area contributed by atoms with Gasteiger partial charge >= 0.3 is 0 Å². The molecule has 0 bridgehead atoms. The molecule has 0 aromatic heterocycles. The second-order valence-corrected chi connectivity index (χ2v) is 4.96. The van der Waals surface area contributed by atoms with Crippen molar-refractivity contribution in [1.82, 2.24) is 4.90 Å². The molecule has 0 aromatic carbocycles. The quantitative estimate of drug-likeness (QED) is 0.698. The number of rotatable bonds is 2. The van der Waals surface area contributed by atoms with Gasteiger partial charge in [-0.05, 0) is 46.2 Å². The highest BCUT2D eigenvalue weighted by atomic mass is 16.3. The van der Waals surface area contributed by atoms with Crippen molar-refractivity contribution in [3.8, 4) is 0 Å². The van der Waals surface area contributed by atoms with Crippen LogP contribution in [-0.4, -0.2) is 41.3 Å². The summed E-state index contributed by atoms with van der Waals surface area (Å²) in [5, 5.41) is 10.5. The van der Waals surface area contributed by atoms with E-state index in [9.17, 15) is 5.11 Å². The smallest absolute Gasteiger partial charge is 0.0836 e. The number of aliphatic hydroxyl groups is 1. The van der Waals surface area contributed by atoms with Crippen LogP contribution in [0.25, 0.3) is 0 Å². The molecule has 2 atom stereocenters. The zero-order valence-electron chi connectivity index (χ0n) is 9.71. The summed E-state index contributed by atoms with van der Waals surface area (Å²) in [5.74, 6) is 0. The second kappa shape index (κ2) is 4.17. The molecule has 1 rings (SSSR count). The zero-order valence-corrected chi connectivity index (χ0v) is 9.71. The highest BCUT2D eigenvalue weighted by Gasteiger charge is 2.42. The Bertz CT molecular complexity index is 194. The first-order valence-corrected chi connectivity index (χ1v) is 5.61. The van der Waals surface area contributed by atoms with Gasteiger partial charge in [0, 0.05) is 12.1 Å². The highest BCUT2D eigenvalue weighted by molar-refractivity contribution is 5.01.